The third kappa shape index (κ3) is 6.38. The molecule has 0 bridgehead atoms. The molecule has 3 N–H and O–H groups in total. The molecule has 10 nitrogen and oxygen atoms in total. The van der Waals surface area contributed by atoms with E-state index in [-0.39, 0.29) is 51.6 Å². The van der Waals surface area contributed by atoms with Crippen LogP contribution in [0.1, 0.15) is 28.8 Å². The van der Waals surface area contributed by atoms with Crippen LogP contribution in [0.4, 0.5) is 14.5 Å². The molecule has 1 fully saturated rings. The third-order valence-corrected chi connectivity index (χ3v) is 8.10. The summed E-state index contributed by atoms with van der Waals surface area (Å²) < 4.78 is 38.6. The number of methoxy groups -OCH3 is 1. The van der Waals surface area contributed by atoms with Gasteiger partial charge in [0, 0.05) is 68.1 Å². The van der Waals surface area contributed by atoms with Crippen LogP contribution < -0.4 is 31.9 Å². The van der Waals surface area contributed by atoms with E-state index in [2.05, 4.69) is 16.0 Å². The molecule has 0 aliphatic carbocycles. The molecule has 13 heteroatoms. The predicted octanol–water partition coefficient (Wildman–Crippen LogP) is 3.98. The van der Waals surface area contributed by atoms with Crippen molar-refractivity contribution in [1.82, 2.24) is 19.8 Å². The van der Waals surface area contributed by atoms with Gasteiger partial charge in [0.15, 0.2) is 5.82 Å². The zero-order chi connectivity index (χ0) is 32.4. The van der Waals surface area contributed by atoms with Gasteiger partial charge in [0.2, 0.25) is 5.91 Å². The predicted molar refractivity (Wildman–Crippen MR) is 167 cm³/mol. The quantitative estimate of drug-likeness (QED) is 0.255. The second kappa shape index (κ2) is 13.0. The van der Waals surface area contributed by atoms with Crippen LogP contribution in [0.2, 0.25) is 5.02 Å². The number of carbonyl (C=O) groups is 2. The Hall–Kier alpha value is -4.81. The maximum absolute atomic E-state index is 15.8. The smallest absolute Gasteiger partial charge is 0.330 e. The lowest BCUT2D eigenvalue weighted by atomic mass is 9.96. The number of nitrogens with one attached hydrogen (secondary N) is 3. The molecule has 1 saturated heterocycles. The van der Waals surface area contributed by atoms with Crippen LogP contribution in [0.25, 0.3) is 22.3 Å². The molecule has 5 rings (SSSR count). The van der Waals surface area contributed by atoms with E-state index < -0.39 is 28.8 Å². The number of hydrogen-bond donors (Lipinski definition) is 3. The average molecular weight is 638 g/mol. The highest BCUT2D eigenvalue weighted by Gasteiger charge is 2.22. The molecule has 1 aliphatic rings. The zero-order valence-corrected chi connectivity index (χ0v) is 25.4. The van der Waals surface area contributed by atoms with Gasteiger partial charge in [-0.1, -0.05) is 41.9 Å². The third-order valence-electron chi connectivity index (χ3n) is 7.69. The minimum absolute atomic E-state index is 0.00114. The Kier molecular flexibility index (Phi) is 9.16. The Morgan fingerprint density at radius 3 is 2.49 bits per heavy atom. The van der Waals surface area contributed by atoms with Gasteiger partial charge in [-0.3, -0.25) is 19.0 Å². The summed E-state index contributed by atoms with van der Waals surface area (Å²) in [6.07, 6.45) is 2.27. The van der Waals surface area contributed by atoms with Crippen LogP contribution in [0.3, 0.4) is 0 Å². The Morgan fingerprint density at radius 2 is 1.78 bits per heavy atom. The highest BCUT2D eigenvalue weighted by molar-refractivity contribution is 6.36. The molecular formula is C32H30ClF2N5O5. The molecule has 2 heterocycles. The molecule has 1 aromatic heterocycles. The first-order valence-electron chi connectivity index (χ1n) is 14.0. The summed E-state index contributed by atoms with van der Waals surface area (Å²) in [6, 6.07) is 12.2. The van der Waals surface area contributed by atoms with Crippen LogP contribution in [-0.2, 0) is 25.4 Å². The lowest BCUT2D eigenvalue weighted by Crippen LogP contribution is -2.40. The number of anilines is 1. The lowest BCUT2D eigenvalue weighted by molar-refractivity contribution is -0.119. The Labute approximate surface area is 261 Å². The van der Waals surface area contributed by atoms with E-state index in [9.17, 15) is 19.2 Å². The Morgan fingerprint density at radius 1 is 1.07 bits per heavy atom. The van der Waals surface area contributed by atoms with Crippen LogP contribution in [0.15, 0.2) is 64.3 Å². The van der Waals surface area contributed by atoms with Crippen LogP contribution in [0, 0.1) is 11.6 Å². The van der Waals surface area contributed by atoms with E-state index in [4.69, 9.17) is 16.3 Å². The fourth-order valence-corrected chi connectivity index (χ4v) is 5.61. The molecule has 3 aromatic carbocycles. The molecule has 234 valence electrons. The van der Waals surface area contributed by atoms with Crippen molar-refractivity contribution in [3.63, 3.8) is 0 Å². The Bertz CT molecular complexity index is 1940. The van der Waals surface area contributed by atoms with Crippen molar-refractivity contribution in [2.24, 2.45) is 14.1 Å². The number of aromatic nitrogens is 2. The fourth-order valence-electron chi connectivity index (χ4n) is 5.28. The number of aryl methyl sites for hydroxylation is 1. The number of ether oxygens (including phenoxy) is 1. The topological polar surface area (TPSA) is 123 Å². The first kappa shape index (κ1) is 31.6. The van der Waals surface area contributed by atoms with Crippen molar-refractivity contribution < 1.29 is 23.1 Å². The molecule has 4 aromatic rings. The molecule has 1 unspecified atom stereocenters. The number of halogens is 3. The fraction of sp³-hybridized carbons (Fsp3) is 0.250. The summed E-state index contributed by atoms with van der Waals surface area (Å²) in [4.78, 5) is 48.8. The zero-order valence-electron chi connectivity index (χ0n) is 24.7. The molecule has 1 atom stereocenters. The van der Waals surface area contributed by atoms with E-state index in [0.29, 0.717) is 36.1 Å². The highest BCUT2D eigenvalue weighted by atomic mass is 35.5. The highest BCUT2D eigenvalue weighted by Crippen LogP contribution is 2.40. The molecule has 0 spiro atoms. The molecule has 1 aliphatic heterocycles. The minimum Gasteiger partial charge on any atom is -0.496 e. The first-order chi connectivity index (χ1) is 21.5. The summed E-state index contributed by atoms with van der Waals surface area (Å²) >= 11 is 6.79. The number of amides is 2. The summed E-state index contributed by atoms with van der Waals surface area (Å²) in [6.45, 7) is 0.654. The van der Waals surface area contributed by atoms with Gasteiger partial charge in [0.05, 0.1) is 17.8 Å². The van der Waals surface area contributed by atoms with Crippen molar-refractivity contribution in [1.29, 1.82) is 0 Å². The summed E-state index contributed by atoms with van der Waals surface area (Å²) in [7, 11) is 4.06. The average Bonchev–Trinajstić information content (AvgIpc) is 3.44. The maximum atomic E-state index is 15.8. The molecule has 2 amide bonds. The van der Waals surface area contributed by atoms with Crippen LogP contribution in [0.5, 0.6) is 5.75 Å². The Balaban J connectivity index is 1.42. The number of nitrogens with zero attached hydrogens (tertiary/aromatic N) is 2. The number of carbonyl (C=O) groups excluding carboxylic acids is 2. The van der Waals surface area contributed by atoms with Gasteiger partial charge in [-0.2, -0.15) is 0 Å². The summed E-state index contributed by atoms with van der Waals surface area (Å²) in [5, 5.41) is 8.56. The second-order valence-electron chi connectivity index (χ2n) is 10.7. The SMILES string of the molecule is COc1cc(-c2cccc(-c3cccc(NC(=O)c4cn(C)c(=O)n(C)c4=O)c3F)c2Cl)cc(F)c1CNCC1CCC(=O)N1. The second-order valence-corrected chi connectivity index (χ2v) is 11.0. The minimum atomic E-state index is -0.896. The molecule has 0 saturated carbocycles. The largest absolute Gasteiger partial charge is 0.496 e. The first-order valence-corrected chi connectivity index (χ1v) is 14.4. The normalized spacial score (nSPS) is 14.4. The maximum Gasteiger partial charge on any atom is 0.330 e. The van der Waals surface area contributed by atoms with Gasteiger partial charge in [-0.15, -0.1) is 0 Å². The van der Waals surface area contributed by atoms with E-state index in [0.717, 1.165) is 15.3 Å². The van der Waals surface area contributed by atoms with Crippen LogP contribution >= 0.6 is 11.6 Å². The van der Waals surface area contributed by atoms with Crippen molar-refractivity contribution in [2.45, 2.75) is 25.4 Å². The monoisotopic (exact) mass is 637 g/mol. The molecule has 45 heavy (non-hydrogen) atoms. The number of benzene rings is 3. The van der Waals surface area contributed by atoms with Crippen LogP contribution in [-0.4, -0.2) is 40.6 Å². The van der Waals surface area contributed by atoms with Gasteiger partial charge in [-0.25, -0.2) is 13.6 Å². The molecule has 0 radical (unpaired) electrons. The van der Waals surface area contributed by atoms with E-state index >= 15 is 8.78 Å². The van der Waals surface area contributed by atoms with E-state index in [1.165, 1.54) is 45.5 Å². The van der Waals surface area contributed by atoms with Crippen molar-refractivity contribution in [2.75, 3.05) is 19.0 Å². The number of rotatable bonds is 9. The van der Waals surface area contributed by atoms with Gasteiger partial charge >= 0.3 is 5.69 Å². The standard InChI is InChI=1S/C32H30ClF2N5O5/c1-39-16-23(31(43)40(2)32(39)44)30(42)38-25-9-5-8-21(29(25)35)20-7-4-6-19(28(20)33)17-12-24(34)22(26(13-17)45-3)15-36-14-18-10-11-27(41)37-18/h4-9,12-13,16,18,36H,10-11,14-15H2,1-3H3,(H,37,41)(H,38,42). The van der Waals surface area contributed by atoms with Crippen molar-refractivity contribution in [3.05, 3.63) is 103 Å². The van der Waals surface area contributed by atoms with Gasteiger partial charge in [-0.05, 0) is 30.2 Å². The molecular weight excluding hydrogens is 608 g/mol. The van der Waals surface area contributed by atoms with E-state index in [1.807, 2.05) is 0 Å². The van der Waals surface area contributed by atoms with Gasteiger partial charge < -0.3 is 25.3 Å². The summed E-state index contributed by atoms with van der Waals surface area (Å²) in [5.41, 5.74) is -0.528. The van der Waals surface area contributed by atoms with Crippen molar-refractivity contribution >= 4 is 29.1 Å². The number of hydrogen-bond acceptors (Lipinski definition) is 6. The lowest BCUT2D eigenvalue weighted by Gasteiger charge is -2.17. The van der Waals surface area contributed by atoms with Gasteiger partial charge in [0.25, 0.3) is 11.5 Å². The summed E-state index contributed by atoms with van der Waals surface area (Å²) in [5.74, 6) is -1.95. The van der Waals surface area contributed by atoms with Gasteiger partial charge in [0.1, 0.15) is 17.1 Å². The van der Waals surface area contributed by atoms with E-state index in [1.54, 1.807) is 24.3 Å². The van der Waals surface area contributed by atoms with Crippen molar-refractivity contribution in [3.8, 4) is 28.0 Å².